The van der Waals surface area contributed by atoms with Crippen molar-refractivity contribution in [3.63, 3.8) is 0 Å². The predicted octanol–water partition coefficient (Wildman–Crippen LogP) is 5.11. The third-order valence-electron chi connectivity index (χ3n) is 2.08. The topological polar surface area (TPSA) is 27.7 Å². The molecule has 0 N–H and O–H groups in total. The Hall–Kier alpha value is -0.686. The molecule has 118 valence electrons. The van der Waals surface area contributed by atoms with Crippen molar-refractivity contribution in [3.8, 4) is 0 Å². The van der Waals surface area contributed by atoms with E-state index in [1.165, 1.54) is 0 Å². The molecule has 0 amide bonds. The van der Waals surface area contributed by atoms with Crippen LogP contribution in [0.25, 0.3) is 0 Å². The van der Waals surface area contributed by atoms with Crippen molar-refractivity contribution in [3.05, 3.63) is 23.9 Å². The van der Waals surface area contributed by atoms with Gasteiger partial charge in [0, 0.05) is 0 Å². The third kappa shape index (κ3) is 11.2. The van der Waals surface area contributed by atoms with Crippen molar-refractivity contribution < 1.29 is 13.6 Å². The fraction of sp³-hybridized carbons (Fsp3) is 0.733. The molecule has 0 fully saturated rings. The van der Waals surface area contributed by atoms with Gasteiger partial charge in [0.25, 0.3) is 5.95 Å². The molecule has 0 radical (unpaired) electrons. The molecule has 0 unspecified atom stereocenters. The van der Waals surface area contributed by atoms with Crippen LogP contribution in [0.2, 0.25) is 39.3 Å². The van der Waals surface area contributed by atoms with Gasteiger partial charge < -0.3 is 13.6 Å². The summed E-state index contributed by atoms with van der Waals surface area (Å²) in [5, 5.41) is 0. The Bertz CT molecular complexity index is 347. The van der Waals surface area contributed by atoms with Gasteiger partial charge in [-0.15, -0.1) is 0 Å². The van der Waals surface area contributed by atoms with Gasteiger partial charge in [0.15, 0.2) is 0 Å². The number of rotatable bonds is 8. The van der Waals surface area contributed by atoms with Gasteiger partial charge in [-0.3, -0.25) is 0 Å². The van der Waals surface area contributed by atoms with E-state index in [9.17, 15) is 0 Å². The van der Waals surface area contributed by atoms with Gasteiger partial charge in [-0.2, -0.15) is 0 Å². The maximum atomic E-state index is 6.11. The Morgan fingerprint density at radius 3 is 1.80 bits per heavy atom. The number of ether oxygens (including phenoxy) is 1. The van der Waals surface area contributed by atoms with Crippen LogP contribution in [0, 0.1) is 5.92 Å². The molecule has 0 aromatic heterocycles. The summed E-state index contributed by atoms with van der Waals surface area (Å²) in [7, 11) is -1.68. The summed E-state index contributed by atoms with van der Waals surface area (Å²) in [5.41, 5.74) is 0. The summed E-state index contributed by atoms with van der Waals surface area (Å²) in [6.45, 7) is 17.3. The lowest BCUT2D eigenvalue weighted by molar-refractivity contribution is 0.145. The van der Waals surface area contributed by atoms with Crippen LogP contribution >= 0.6 is 0 Å². The molecule has 0 atom stereocenters. The number of methoxy groups -OCH3 is 1. The van der Waals surface area contributed by atoms with Crippen molar-refractivity contribution in [1.82, 2.24) is 0 Å². The van der Waals surface area contributed by atoms with E-state index < -0.39 is 16.6 Å². The van der Waals surface area contributed by atoms with Crippen LogP contribution in [0.15, 0.2) is 23.9 Å². The second-order valence-corrected chi connectivity index (χ2v) is 16.2. The normalized spacial score (nSPS) is 14.5. The minimum absolute atomic E-state index is 0.553. The molecule has 0 saturated heterocycles. The van der Waals surface area contributed by atoms with Crippen molar-refractivity contribution >= 4 is 16.6 Å². The van der Waals surface area contributed by atoms with Crippen molar-refractivity contribution in [1.29, 1.82) is 0 Å². The van der Waals surface area contributed by atoms with E-state index >= 15 is 0 Å². The Kier molecular flexibility index (Phi) is 7.66. The minimum atomic E-state index is -1.68. The monoisotopic (exact) mass is 316 g/mol. The first-order valence-electron chi connectivity index (χ1n) is 7.27. The Labute approximate surface area is 127 Å². The smallest absolute Gasteiger partial charge is 0.268 e. The maximum Gasteiger partial charge on any atom is 0.268 e. The summed E-state index contributed by atoms with van der Waals surface area (Å²) in [5.74, 6) is 2.03. The number of hydrogen-bond donors (Lipinski definition) is 0. The third-order valence-corrected chi connectivity index (χ3v) is 3.74. The van der Waals surface area contributed by atoms with E-state index in [0.717, 1.165) is 12.2 Å². The van der Waals surface area contributed by atoms with E-state index in [0.29, 0.717) is 11.9 Å². The highest BCUT2D eigenvalue weighted by atomic mass is 28.4. The van der Waals surface area contributed by atoms with Crippen molar-refractivity contribution in [2.75, 3.05) is 7.11 Å². The predicted molar refractivity (Wildman–Crippen MR) is 91.5 cm³/mol. The lowest BCUT2D eigenvalue weighted by atomic mass is 10.1. The van der Waals surface area contributed by atoms with Crippen LogP contribution in [-0.4, -0.2) is 23.7 Å². The largest absolute Gasteiger partial charge is 0.544 e. The van der Waals surface area contributed by atoms with Gasteiger partial charge in [-0.05, 0) is 57.7 Å². The lowest BCUT2D eigenvalue weighted by Gasteiger charge is -2.23. The molecule has 0 aliphatic carbocycles. The standard InChI is InChI=1S/C15H32O3Si2/c1-13(2)10-11-14(17-19(4,5)6)12-15(16-3)18-20(7,8)9/h11-13H,10H2,1-9H3/b14-11-,15-12-. The summed E-state index contributed by atoms with van der Waals surface area (Å²) in [6.07, 6.45) is 5.01. The molecule has 20 heavy (non-hydrogen) atoms. The second-order valence-electron chi connectivity index (χ2n) is 7.33. The fourth-order valence-corrected chi connectivity index (χ4v) is 2.98. The first kappa shape index (κ1) is 19.3. The first-order chi connectivity index (χ1) is 8.93. The lowest BCUT2D eigenvalue weighted by Crippen LogP contribution is -2.27. The molecule has 0 bridgehead atoms. The van der Waals surface area contributed by atoms with Crippen molar-refractivity contribution in [2.24, 2.45) is 5.92 Å². The molecule has 0 heterocycles. The number of hydrogen-bond acceptors (Lipinski definition) is 3. The zero-order valence-corrected chi connectivity index (χ0v) is 16.7. The van der Waals surface area contributed by atoms with E-state index in [4.69, 9.17) is 13.6 Å². The first-order valence-corrected chi connectivity index (χ1v) is 14.1. The average Bonchev–Trinajstić information content (AvgIpc) is 2.20. The molecular formula is C15H32O3Si2. The van der Waals surface area contributed by atoms with Crippen LogP contribution in [0.5, 0.6) is 0 Å². The highest BCUT2D eigenvalue weighted by Crippen LogP contribution is 2.18. The van der Waals surface area contributed by atoms with Gasteiger partial charge in [0.05, 0.1) is 13.2 Å². The summed E-state index contributed by atoms with van der Waals surface area (Å²) in [6, 6.07) is 0. The van der Waals surface area contributed by atoms with E-state index in [2.05, 4.69) is 59.2 Å². The molecule has 3 nitrogen and oxygen atoms in total. The van der Waals surface area contributed by atoms with Crippen LogP contribution in [0.4, 0.5) is 0 Å². The summed E-state index contributed by atoms with van der Waals surface area (Å²) in [4.78, 5) is 0. The Morgan fingerprint density at radius 1 is 0.950 bits per heavy atom. The molecule has 0 saturated carbocycles. The molecule has 0 aliphatic heterocycles. The van der Waals surface area contributed by atoms with Gasteiger partial charge in [-0.1, -0.05) is 13.8 Å². The molecule has 0 aromatic carbocycles. The van der Waals surface area contributed by atoms with Gasteiger partial charge in [-0.25, -0.2) is 0 Å². The molecule has 0 spiro atoms. The molecule has 5 heteroatoms. The van der Waals surface area contributed by atoms with Gasteiger partial charge in [0.2, 0.25) is 16.6 Å². The van der Waals surface area contributed by atoms with E-state index in [1.807, 2.05) is 6.08 Å². The quantitative estimate of drug-likeness (QED) is 0.354. The van der Waals surface area contributed by atoms with Gasteiger partial charge in [0.1, 0.15) is 5.76 Å². The SMILES string of the molecule is CO/C(=C/C(=C/CC(C)C)O[Si](C)(C)C)O[Si](C)(C)C. The van der Waals surface area contributed by atoms with Crippen LogP contribution in [0.3, 0.4) is 0 Å². The van der Waals surface area contributed by atoms with Crippen LogP contribution in [-0.2, 0) is 13.6 Å². The van der Waals surface area contributed by atoms with E-state index in [1.54, 1.807) is 7.11 Å². The second kappa shape index (κ2) is 7.93. The Morgan fingerprint density at radius 2 is 1.45 bits per heavy atom. The van der Waals surface area contributed by atoms with Crippen molar-refractivity contribution in [2.45, 2.75) is 59.6 Å². The van der Waals surface area contributed by atoms with Gasteiger partial charge >= 0.3 is 0 Å². The van der Waals surface area contributed by atoms with Crippen LogP contribution < -0.4 is 0 Å². The Balaban J connectivity index is 5.14. The maximum absolute atomic E-state index is 6.11. The van der Waals surface area contributed by atoms with E-state index in [-0.39, 0.29) is 0 Å². The zero-order chi connectivity index (χ0) is 16.0. The average molecular weight is 317 g/mol. The summed E-state index contributed by atoms with van der Waals surface area (Å²) >= 11 is 0. The molecular weight excluding hydrogens is 284 g/mol. The molecule has 0 rings (SSSR count). The highest BCUT2D eigenvalue weighted by molar-refractivity contribution is 6.70. The molecule has 0 aliphatic rings. The zero-order valence-electron chi connectivity index (χ0n) is 14.7. The minimum Gasteiger partial charge on any atom is -0.544 e. The number of allylic oxidation sites excluding steroid dienone is 2. The van der Waals surface area contributed by atoms with Crippen LogP contribution in [0.1, 0.15) is 20.3 Å². The fourth-order valence-electron chi connectivity index (χ4n) is 1.38. The molecule has 0 aromatic rings. The highest BCUT2D eigenvalue weighted by Gasteiger charge is 2.21. The summed E-state index contributed by atoms with van der Waals surface area (Å²) < 4.78 is 17.4.